The summed E-state index contributed by atoms with van der Waals surface area (Å²) < 4.78 is 1.72. The lowest BCUT2D eigenvalue weighted by Crippen LogP contribution is -2.45. The predicted molar refractivity (Wildman–Crippen MR) is 99.1 cm³/mol. The normalized spacial score (nSPS) is 23.4. The van der Waals surface area contributed by atoms with Crippen LogP contribution in [-0.4, -0.2) is 57.5 Å². The first-order valence-electron chi connectivity index (χ1n) is 8.92. The van der Waals surface area contributed by atoms with Crippen LogP contribution < -0.4 is 10.6 Å². The first-order chi connectivity index (χ1) is 12.0. The van der Waals surface area contributed by atoms with Gasteiger partial charge in [-0.1, -0.05) is 0 Å². The van der Waals surface area contributed by atoms with E-state index in [1.807, 2.05) is 0 Å². The molecule has 0 spiro atoms. The zero-order valence-electron chi connectivity index (χ0n) is 15.0. The van der Waals surface area contributed by atoms with Crippen molar-refractivity contribution in [3.63, 3.8) is 0 Å². The number of nitrogens with one attached hydrogen (secondary N) is 2. The number of carbonyl (C=O) groups is 1. The largest absolute Gasteiger partial charge is 0.386 e. The van der Waals surface area contributed by atoms with Gasteiger partial charge in [0.1, 0.15) is 5.69 Å². The molecular weight excluding hydrogens is 360 g/mol. The van der Waals surface area contributed by atoms with Gasteiger partial charge in [-0.05, 0) is 54.6 Å². The topological polar surface area (TPSA) is 105 Å². The van der Waals surface area contributed by atoms with E-state index < -0.39 is 4.92 Å². The van der Waals surface area contributed by atoms with Gasteiger partial charge in [-0.2, -0.15) is 0 Å². The number of halogens is 1. The lowest BCUT2D eigenvalue weighted by Gasteiger charge is -2.32. The third-order valence-electron chi connectivity index (χ3n) is 5.13. The molecule has 1 aromatic heterocycles. The second-order valence-corrected chi connectivity index (χ2v) is 7.02. The molecule has 2 atom stereocenters. The maximum absolute atomic E-state index is 12.1. The highest BCUT2D eigenvalue weighted by molar-refractivity contribution is 5.85. The van der Waals surface area contributed by atoms with Crippen molar-refractivity contribution < 1.29 is 9.72 Å². The van der Waals surface area contributed by atoms with Gasteiger partial charge in [-0.3, -0.25) is 9.69 Å². The van der Waals surface area contributed by atoms with Crippen LogP contribution in [0.5, 0.6) is 0 Å². The number of nitro groups is 1. The number of likely N-dealkylation sites (tertiary alicyclic amines) is 1. The Labute approximate surface area is 159 Å². The van der Waals surface area contributed by atoms with Crippen LogP contribution in [0, 0.1) is 16.0 Å². The lowest BCUT2D eigenvalue weighted by atomic mass is 9.97. The van der Waals surface area contributed by atoms with Crippen molar-refractivity contribution >= 4 is 24.1 Å². The summed E-state index contributed by atoms with van der Waals surface area (Å²) in [6, 6.07) is -0.0446. The van der Waals surface area contributed by atoms with Crippen LogP contribution in [0.3, 0.4) is 0 Å². The second kappa shape index (κ2) is 9.29. The Bertz CT molecular complexity index is 632. The van der Waals surface area contributed by atoms with E-state index in [0.717, 1.165) is 45.3 Å². The molecule has 0 aliphatic carbocycles. The van der Waals surface area contributed by atoms with Crippen LogP contribution in [0.1, 0.15) is 31.4 Å². The molecule has 0 saturated carbocycles. The number of nitrogens with zero attached hydrogens (tertiary/aromatic N) is 4. The maximum Gasteiger partial charge on any atom is 0.386 e. The molecule has 3 heterocycles. The Kier molecular flexibility index (Phi) is 7.36. The second-order valence-electron chi connectivity index (χ2n) is 7.02. The zero-order chi connectivity index (χ0) is 17.8. The van der Waals surface area contributed by atoms with Crippen molar-refractivity contribution in [2.24, 2.45) is 13.0 Å². The number of aromatic nitrogens is 2. The van der Waals surface area contributed by atoms with Gasteiger partial charge in [-0.25, -0.2) is 0 Å². The van der Waals surface area contributed by atoms with Crippen LogP contribution in [0.15, 0.2) is 6.33 Å². The van der Waals surface area contributed by atoms with Gasteiger partial charge in [-0.15, -0.1) is 12.4 Å². The molecular formula is C16H27ClN6O3. The van der Waals surface area contributed by atoms with Gasteiger partial charge in [0.25, 0.3) is 0 Å². The number of piperidine rings is 1. The molecule has 0 bridgehead atoms. The fourth-order valence-corrected chi connectivity index (χ4v) is 3.73. The zero-order valence-corrected chi connectivity index (χ0v) is 15.8. The molecule has 9 nitrogen and oxygen atoms in total. The number of carbonyl (C=O) groups excluding carboxylic acids is 1. The van der Waals surface area contributed by atoms with Crippen LogP contribution >= 0.6 is 12.4 Å². The Morgan fingerprint density at radius 2 is 2.27 bits per heavy atom. The molecule has 1 aromatic rings. The Morgan fingerprint density at radius 3 is 2.96 bits per heavy atom. The van der Waals surface area contributed by atoms with E-state index in [0.29, 0.717) is 24.7 Å². The molecule has 1 amide bonds. The molecule has 0 aromatic carbocycles. The standard InChI is InChI=1S/C16H26N6O3.ClH/c1-20-11-19-15(22(24)25)14(20)10-21-7-3-4-12(9-21)8-18-16(23)13-5-2-6-17-13;/h11-13,17H,2-10H2,1H3,(H,18,23);1H. The minimum atomic E-state index is -0.425. The number of rotatable bonds is 6. The van der Waals surface area contributed by atoms with Gasteiger partial charge in [0.15, 0.2) is 0 Å². The molecule has 10 heteroatoms. The van der Waals surface area contributed by atoms with Crippen LogP contribution in [0.4, 0.5) is 5.82 Å². The highest BCUT2D eigenvalue weighted by atomic mass is 35.5. The van der Waals surface area contributed by atoms with Gasteiger partial charge in [0.2, 0.25) is 12.2 Å². The molecule has 2 N–H and O–H groups in total. The Hall–Kier alpha value is -1.71. The summed E-state index contributed by atoms with van der Waals surface area (Å²) in [6.07, 6.45) is 5.56. The summed E-state index contributed by atoms with van der Waals surface area (Å²) in [5.74, 6) is 0.411. The van der Waals surface area contributed by atoms with Crippen molar-refractivity contribution in [3.8, 4) is 0 Å². The first-order valence-corrected chi connectivity index (χ1v) is 8.92. The Balaban J connectivity index is 0.00000243. The monoisotopic (exact) mass is 386 g/mol. The van der Waals surface area contributed by atoms with Crippen molar-refractivity contribution in [2.75, 3.05) is 26.2 Å². The summed E-state index contributed by atoms with van der Waals surface area (Å²) in [7, 11) is 1.78. The quantitative estimate of drug-likeness (QED) is 0.554. The van der Waals surface area contributed by atoms with E-state index in [4.69, 9.17) is 0 Å². The van der Waals surface area contributed by atoms with Crippen molar-refractivity contribution in [1.29, 1.82) is 0 Å². The van der Waals surface area contributed by atoms with Crippen LogP contribution in [0.2, 0.25) is 0 Å². The SMILES string of the molecule is Cl.Cn1cnc([N+](=O)[O-])c1CN1CCCC(CNC(=O)C2CCCN2)C1. The predicted octanol–water partition coefficient (Wildman–Crippen LogP) is 0.830. The third kappa shape index (κ3) is 4.93. The smallest absolute Gasteiger partial charge is 0.358 e. The number of aryl methyl sites for hydroxylation is 1. The first kappa shape index (κ1) is 20.6. The van der Waals surface area contributed by atoms with Gasteiger partial charge < -0.3 is 25.3 Å². The molecule has 2 fully saturated rings. The van der Waals surface area contributed by atoms with Crippen LogP contribution in [-0.2, 0) is 18.4 Å². The van der Waals surface area contributed by atoms with Crippen molar-refractivity contribution in [3.05, 3.63) is 22.1 Å². The van der Waals surface area contributed by atoms with Gasteiger partial charge in [0.05, 0.1) is 6.04 Å². The van der Waals surface area contributed by atoms with E-state index >= 15 is 0 Å². The molecule has 2 aliphatic heterocycles. The van der Waals surface area contributed by atoms with Crippen molar-refractivity contribution in [1.82, 2.24) is 25.1 Å². The summed E-state index contributed by atoms with van der Waals surface area (Å²) in [6.45, 7) is 3.85. The fourth-order valence-electron chi connectivity index (χ4n) is 3.73. The third-order valence-corrected chi connectivity index (χ3v) is 5.13. The molecule has 2 aliphatic rings. The van der Waals surface area contributed by atoms with E-state index in [1.54, 1.807) is 11.6 Å². The molecule has 146 valence electrons. The maximum atomic E-state index is 12.1. The van der Waals surface area contributed by atoms with Crippen LogP contribution in [0.25, 0.3) is 0 Å². The number of hydrogen-bond donors (Lipinski definition) is 2. The van der Waals surface area contributed by atoms with Gasteiger partial charge >= 0.3 is 5.82 Å². The number of imidazole rings is 1. The minimum absolute atomic E-state index is 0. The van der Waals surface area contributed by atoms with Crippen molar-refractivity contribution in [2.45, 2.75) is 38.3 Å². The van der Waals surface area contributed by atoms with E-state index in [9.17, 15) is 14.9 Å². The number of amides is 1. The molecule has 26 heavy (non-hydrogen) atoms. The van der Waals surface area contributed by atoms with E-state index in [-0.39, 0.29) is 30.2 Å². The summed E-state index contributed by atoms with van der Waals surface area (Å²) >= 11 is 0. The highest BCUT2D eigenvalue weighted by Crippen LogP contribution is 2.22. The summed E-state index contributed by atoms with van der Waals surface area (Å²) in [4.78, 5) is 28.9. The molecule has 0 radical (unpaired) electrons. The molecule has 2 saturated heterocycles. The van der Waals surface area contributed by atoms with Gasteiger partial charge in [0, 0.05) is 26.7 Å². The van der Waals surface area contributed by atoms with E-state index in [2.05, 4.69) is 20.5 Å². The average Bonchev–Trinajstić information content (AvgIpc) is 3.24. The average molecular weight is 387 g/mol. The lowest BCUT2D eigenvalue weighted by molar-refractivity contribution is -0.390. The molecule has 2 unspecified atom stereocenters. The molecule has 3 rings (SSSR count). The van der Waals surface area contributed by atoms with E-state index in [1.165, 1.54) is 6.33 Å². The Morgan fingerprint density at radius 1 is 1.46 bits per heavy atom. The highest BCUT2D eigenvalue weighted by Gasteiger charge is 2.27. The number of hydrogen-bond acceptors (Lipinski definition) is 6. The summed E-state index contributed by atoms with van der Waals surface area (Å²) in [5.41, 5.74) is 0.629. The minimum Gasteiger partial charge on any atom is -0.358 e. The summed E-state index contributed by atoms with van der Waals surface area (Å²) in [5, 5.41) is 17.4. The fraction of sp³-hybridized carbons (Fsp3) is 0.750.